The molecule has 1 saturated heterocycles. The van der Waals surface area contributed by atoms with Gasteiger partial charge < -0.3 is 15.1 Å². The molecular weight excluding hydrogens is 254 g/mol. The van der Waals surface area contributed by atoms with Crippen molar-refractivity contribution in [2.24, 2.45) is 17.8 Å². The van der Waals surface area contributed by atoms with Crippen LogP contribution >= 0.6 is 0 Å². The van der Waals surface area contributed by atoms with Crippen molar-refractivity contribution in [2.75, 3.05) is 33.7 Å². The minimum atomic E-state index is -0.339. The van der Waals surface area contributed by atoms with Crippen LogP contribution in [0.4, 0.5) is 0 Å². The van der Waals surface area contributed by atoms with E-state index in [1.165, 1.54) is 0 Å². The van der Waals surface area contributed by atoms with Gasteiger partial charge in [-0.2, -0.15) is 0 Å². The summed E-state index contributed by atoms with van der Waals surface area (Å²) < 4.78 is 0. The van der Waals surface area contributed by atoms with Crippen molar-refractivity contribution in [1.82, 2.24) is 15.1 Å². The van der Waals surface area contributed by atoms with Crippen molar-refractivity contribution in [3.63, 3.8) is 0 Å². The summed E-state index contributed by atoms with van der Waals surface area (Å²) in [6.07, 6.45) is 6.53. The van der Waals surface area contributed by atoms with Gasteiger partial charge in [0, 0.05) is 39.6 Å². The van der Waals surface area contributed by atoms with Crippen molar-refractivity contribution in [1.29, 1.82) is 0 Å². The van der Waals surface area contributed by atoms with E-state index in [0.717, 1.165) is 19.4 Å². The Kier molecular flexibility index (Phi) is 3.54. The summed E-state index contributed by atoms with van der Waals surface area (Å²) >= 11 is 0. The molecule has 0 aromatic rings. The van der Waals surface area contributed by atoms with Crippen molar-refractivity contribution in [3.05, 3.63) is 12.2 Å². The van der Waals surface area contributed by atoms with Gasteiger partial charge in [0.05, 0.1) is 0 Å². The van der Waals surface area contributed by atoms with Gasteiger partial charge in [0.25, 0.3) is 0 Å². The molecule has 0 aromatic carbocycles. The number of rotatable bonds is 2. The third-order valence-electron chi connectivity index (χ3n) is 4.85. The second-order valence-corrected chi connectivity index (χ2v) is 6.37. The zero-order chi connectivity index (χ0) is 14.3. The van der Waals surface area contributed by atoms with Crippen LogP contribution in [0, 0.1) is 17.8 Å². The molecule has 3 rings (SSSR count). The molecular formula is C15H23N3O2. The Morgan fingerprint density at radius 3 is 2.65 bits per heavy atom. The van der Waals surface area contributed by atoms with Crippen LogP contribution in [0.15, 0.2) is 12.2 Å². The van der Waals surface area contributed by atoms with E-state index >= 15 is 0 Å². The van der Waals surface area contributed by atoms with Crippen LogP contribution < -0.4 is 5.32 Å². The zero-order valence-electron chi connectivity index (χ0n) is 12.2. The number of amides is 2. The Labute approximate surface area is 120 Å². The Hall–Kier alpha value is -1.36. The number of carbonyl (C=O) groups excluding carboxylic acids is 2. The Morgan fingerprint density at radius 2 is 2.05 bits per heavy atom. The molecule has 2 fully saturated rings. The third kappa shape index (κ3) is 2.24. The van der Waals surface area contributed by atoms with Crippen LogP contribution in [-0.2, 0) is 9.59 Å². The minimum absolute atomic E-state index is 0.0178. The highest BCUT2D eigenvalue weighted by atomic mass is 16.2. The molecule has 5 nitrogen and oxygen atoms in total. The van der Waals surface area contributed by atoms with Gasteiger partial charge in [-0.05, 0) is 24.7 Å². The second-order valence-electron chi connectivity index (χ2n) is 6.37. The number of allylic oxidation sites excluding steroid dienone is 2. The van der Waals surface area contributed by atoms with E-state index in [-0.39, 0.29) is 23.8 Å². The second kappa shape index (κ2) is 5.20. The largest absolute Gasteiger partial charge is 0.347 e. The van der Waals surface area contributed by atoms with Gasteiger partial charge >= 0.3 is 0 Å². The quantitative estimate of drug-likeness (QED) is 0.728. The first-order valence-electron chi connectivity index (χ1n) is 7.48. The predicted molar refractivity (Wildman–Crippen MR) is 75.9 cm³/mol. The maximum atomic E-state index is 12.8. The maximum absolute atomic E-state index is 12.8. The smallest absolute Gasteiger partial charge is 0.246 e. The first-order valence-corrected chi connectivity index (χ1v) is 7.48. The Morgan fingerprint density at radius 1 is 1.25 bits per heavy atom. The number of fused-ring (bicyclic) bond motifs is 2. The molecule has 2 aliphatic carbocycles. The average Bonchev–Trinajstić information content (AvgIpc) is 3.08. The molecule has 1 aliphatic heterocycles. The highest BCUT2D eigenvalue weighted by molar-refractivity contribution is 5.89. The fourth-order valence-corrected chi connectivity index (χ4v) is 3.76. The summed E-state index contributed by atoms with van der Waals surface area (Å²) in [6.45, 7) is 1.99. The standard InChI is InChI=1S/C15H23N3O2/c1-17(2)15(20)13-9-16-5-6-18(13)14(19)12-8-10-3-4-11(12)7-10/h3-4,10-13,16H,5-9H2,1-2H3. The number of carbonyl (C=O) groups is 2. The number of likely N-dealkylation sites (N-methyl/N-ethyl adjacent to an activating group) is 1. The summed E-state index contributed by atoms with van der Waals surface area (Å²) in [6, 6.07) is -0.339. The molecule has 2 amide bonds. The summed E-state index contributed by atoms with van der Waals surface area (Å²) in [4.78, 5) is 28.5. The van der Waals surface area contributed by atoms with Crippen LogP contribution in [0.3, 0.4) is 0 Å². The first kappa shape index (κ1) is 13.6. The van der Waals surface area contributed by atoms with Crippen molar-refractivity contribution in [2.45, 2.75) is 18.9 Å². The molecule has 0 aromatic heterocycles. The molecule has 4 atom stereocenters. The SMILES string of the molecule is CN(C)C(=O)C1CNCCN1C(=O)C1CC2C=CC1C2. The lowest BCUT2D eigenvalue weighted by molar-refractivity contribution is -0.148. The van der Waals surface area contributed by atoms with Gasteiger partial charge in [0.15, 0.2) is 0 Å². The van der Waals surface area contributed by atoms with Crippen LogP contribution in [0.5, 0.6) is 0 Å². The lowest BCUT2D eigenvalue weighted by atomic mass is 9.91. The zero-order valence-corrected chi connectivity index (χ0v) is 12.2. The Balaban J connectivity index is 1.74. The summed E-state index contributed by atoms with van der Waals surface area (Å²) in [5, 5.41) is 3.22. The molecule has 3 aliphatic rings. The van der Waals surface area contributed by atoms with Gasteiger partial charge in [-0.25, -0.2) is 0 Å². The van der Waals surface area contributed by atoms with E-state index in [9.17, 15) is 9.59 Å². The lowest BCUT2D eigenvalue weighted by Gasteiger charge is -2.38. The summed E-state index contributed by atoms with van der Waals surface area (Å²) in [5.41, 5.74) is 0. The van der Waals surface area contributed by atoms with E-state index in [2.05, 4.69) is 17.5 Å². The molecule has 5 heteroatoms. The maximum Gasteiger partial charge on any atom is 0.246 e. The number of nitrogens with zero attached hydrogens (tertiary/aromatic N) is 2. The number of nitrogens with one attached hydrogen (secondary N) is 1. The van der Waals surface area contributed by atoms with Gasteiger partial charge in [0.2, 0.25) is 11.8 Å². The molecule has 1 N–H and O–H groups in total. The van der Waals surface area contributed by atoms with E-state index < -0.39 is 0 Å². The lowest BCUT2D eigenvalue weighted by Crippen LogP contribution is -2.60. The molecule has 1 heterocycles. The average molecular weight is 277 g/mol. The third-order valence-corrected chi connectivity index (χ3v) is 4.85. The summed E-state index contributed by atoms with van der Waals surface area (Å²) in [5.74, 6) is 1.28. The van der Waals surface area contributed by atoms with Crippen LogP contribution in [-0.4, -0.2) is 61.4 Å². The molecule has 110 valence electrons. The van der Waals surface area contributed by atoms with Gasteiger partial charge in [-0.1, -0.05) is 12.2 Å². The number of hydrogen-bond donors (Lipinski definition) is 1. The van der Waals surface area contributed by atoms with E-state index in [0.29, 0.717) is 24.9 Å². The molecule has 0 radical (unpaired) electrons. The van der Waals surface area contributed by atoms with Crippen LogP contribution in [0.1, 0.15) is 12.8 Å². The highest BCUT2D eigenvalue weighted by Gasteiger charge is 2.44. The highest BCUT2D eigenvalue weighted by Crippen LogP contribution is 2.44. The van der Waals surface area contributed by atoms with Crippen molar-refractivity contribution >= 4 is 11.8 Å². The number of hydrogen-bond acceptors (Lipinski definition) is 3. The molecule has 4 unspecified atom stereocenters. The molecule has 2 bridgehead atoms. The normalized spacial score (nSPS) is 35.4. The van der Waals surface area contributed by atoms with Crippen molar-refractivity contribution < 1.29 is 9.59 Å². The van der Waals surface area contributed by atoms with Gasteiger partial charge in [-0.15, -0.1) is 0 Å². The summed E-state index contributed by atoms with van der Waals surface area (Å²) in [7, 11) is 3.50. The molecule has 1 saturated carbocycles. The minimum Gasteiger partial charge on any atom is -0.347 e. The first-order chi connectivity index (χ1) is 9.58. The van der Waals surface area contributed by atoms with Crippen molar-refractivity contribution in [3.8, 4) is 0 Å². The predicted octanol–water partition coefficient (Wildman–Crippen LogP) is 0.0872. The fraction of sp³-hybridized carbons (Fsp3) is 0.733. The topological polar surface area (TPSA) is 52.7 Å². The Bertz CT molecular complexity index is 446. The monoisotopic (exact) mass is 277 g/mol. The van der Waals surface area contributed by atoms with E-state index in [4.69, 9.17) is 0 Å². The van der Waals surface area contributed by atoms with Crippen LogP contribution in [0.25, 0.3) is 0 Å². The van der Waals surface area contributed by atoms with E-state index in [1.54, 1.807) is 19.0 Å². The number of piperazine rings is 1. The fourth-order valence-electron chi connectivity index (χ4n) is 3.76. The molecule has 20 heavy (non-hydrogen) atoms. The van der Waals surface area contributed by atoms with Gasteiger partial charge in [0.1, 0.15) is 6.04 Å². The van der Waals surface area contributed by atoms with E-state index in [1.807, 2.05) is 4.90 Å². The van der Waals surface area contributed by atoms with Crippen LogP contribution in [0.2, 0.25) is 0 Å². The van der Waals surface area contributed by atoms with Gasteiger partial charge in [-0.3, -0.25) is 9.59 Å². The molecule has 0 spiro atoms.